The number of nitrogens with two attached hydrogens (primary N) is 1. The van der Waals surface area contributed by atoms with E-state index >= 15 is 0 Å². The Labute approximate surface area is 126 Å². The molecule has 0 amide bonds. The third-order valence-corrected chi connectivity index (χ3v) is 4.59. The van der Waals surface area contributed by atoms with Crippen LogP contribution in [0.3, 0.4) is 0 Å². The molecule has 3 N–H and O–H groups in total. The second-order valence-electron chi connectivity index (χ2n) is 6.23. The fourth-order valence-electron chi connectivity index (χ4n) is 3.31. The molecule has 0 bridgehead atoms. The zero-order valence-electron chi connectivity index (χ0n) is 12.8. The summed E-state index contributed by atoms with van der Waals surface area (Å²) in [6, 6.07) is 1.98. The Hall–Kier alpha value is -1.20. The Morgan fingerprint density at radius 3 is 2.62 bits per heavy atom. The molecule has 116 valence electrons. The summed E-state index contributed by atoms with van der Waals surface area (Å²) < 4.78 is 6.03. The molecule has 0 radical (unpaired) electrons. The van der Waals surface area contributed by atoms with Gasteiger partial charge in [0, 0.05) is 24.3 Å². The molecule has 1 atom stereocenters. The minimum Gasteiger partial charge on any atom is -0.370 e. The molecule has 1 unspecified atom stereocenters. The summed E-state index contributed by atoms with van der Waals surface area (Å²) in [4.78, 5) is 9.39. The minimum atomic E-state index is 0.0149. The van der Waals surface area contributed by atoms with Gasteiger partial charge in [0.05, 0.1) is 0 Å². The van der Waals surface area contributed by atoms with E-state index in [0.717, 1.165) is 11.5 Å². The average Bonchev–Trinajstić information content (AvgIpc) is 3.38. The number of nitrogen functional groups attached to an aromatic ring is 1. The van der Waals surface area contributed by atoms with Crippen molar-refractivity contribution in [3.8, 4) is 0 Å². The van der Waals surface area contributed by atoms with E-state index in [1.165, 1.54) is 44.9 Å². The first-order valence-electron chi connectivity index (χ1n) is 8.29. The first kappa shape index (κ1) is 14.7. The summed E-state index contributed by atoms with van der Waals surface area (Å²) >= 11 is 0. The molecule has 3 rings (SSSR count). The number of rotatable bonds is 6. The van der Waals surface area contributed by atoms with Gasteiger partial charge in [-0.25, -0.2) is 15.8 Å². The third-order valence-electron chi connectivity index (χ3n) is 4.59. The number of anilines is 1. The molecule has 1 aromatic heterocycles. The fourth-order valence-corrected chi connectivity index (χ4v) is 3.31. The van der Waals surface area contributed by atoms with Crippen molar-refractivity contribution in [1.82, 2.24) is 9.97 Å². The smallest absolute Gasteiger partial charge is 0.160 e. The quantitative estimate of drug-likeness (QED) is 0.621. The van der Waals surface area contributed by atoms with Crippen LogP contribution in [0.1, 0.15) is 75.4 Å². The van der Waals surface area contributed by atoms with Gasteiger partial charge in [0.15, 0.2) is 5.82 Å². The fraction of sp³-hybridized carbons (Fsp3) is 0.750. The molecule has 5 nitrogen and oxygen atoms in total. The van der Waals surface area contributed by atoms with E-state index in [2.05, 4.69) is 10.4 Å². The molecule has 2 fully saturated rings. The molecule has 0 aliphatic heterocycles. The van der Waals surface area contributed by atoms with Gasteiger partial charge in [-0.1, -0.05) is 19.3 Å². The van der Waals surface area contributed by atoms with Gasteiger partial charge in [-0.3, -0.25) is 0 Å². The van der Waals surface area contributed by atoms with Gasteiger partial charge >= 0.3 is 0 Å². The molecule has 2 aliphatic carbocycles. The van der Waals surface area contributed by atoms with E-state index in [9.17, 15) is 0 Å². The van der Waals surface area contributed by atoms with Crippen molar-refractivity contribution in [2.24, 2.45) is 11.8 Å². The molecule has 1 heterocycles. The molecular formula is C16H26N4O. The zero-order valence-corrected chi connectivity index (χ0v) is 12.8. The van der Waals surface area contributed by atoms with Crippen LogP contribution in [0.4, 0.5) is 5.82 Å². The number of hydrogen-bond acceptors (Lipinski definition) is 5. The van der Waals surface area contributed by atoms with E-state index in [0.29, 0.717) is 24.3 Å². The van der Waals surface area contributed by atoms with Gasteiger partial charge in [-0.05, 0) is 38.5 Å². The van der Waals surface area contributed by atoms with Gasteiger partial charge in [-0.2, -0.15) is 0 Å². The molecule has 21 heavy (non-hydrogen) atoms. The van der Waals surface area contributed by atoms with Gasteiger partial charge in [-0.15, -0.1) is 0 Å². The van der Waals surface area contributed by atoms with Crippen LogP contribution in [0.15, 0.2) is 6.07 Å². The Bertz CT molecular complexity index is 469. The Morgan fingerprint density at radius 2 is 2.00 bits per heavy atom. The summed E-state index contributed by atoms with van der Waals surface area (Å²) in [7, 11) is 0. The SMILES string of the molecule is CCOC(c1nc(NN)cc(C2CC2)n1)C1CCCCC1. The highest BCUT2D eigenvalue weighted by atomic mass is 16.5. The largest absolute Gasteiger partial charge is 0.370 e. The van der Waals surface area contributed by atoms with Crippen molar-refractivity contribution in [3.63, 3.8) is 0 Å². The molecule has 0 aromatic carbocycles. The third kappa shape index (κ3) is 3.52. The predicted octanol–water partition coefficient (Wildman–Crippen LogP) is 3.30. The summed E-state index contributed by atoms with van der Waals surface area (Å²) in [6.07, 6.45) is 8.82. The highest BCUT2D eigenvalue weighted by molar-refractivity contribution is 5.37. The number of aromatic nitrogens is 2. The summed E-state index contributed by atoms with van der Waals surface area (Å²) in [5.41, 5.74) is 3.80. The zero-order chi connectivity index (χ0) is 14.7. The molecule has 0 spiro atoms. The van der Waals surface area contributed by atoms with Crippen molar-refractivity contribution >= 4 is 5.82 Å². The lowest BCUT2D eigenvalue weighted by molar-refractivity contribution is -0.000230. The van der Waals surface area contributed by atoms with Gasteiger partial charge in [0.1, 0.15) is 11.9 Å². The second-order valence-corrected chi connectivity index (χ2v) is 6.23. The summed E-state index contributed by atoms with van der Waals surface area (Å²) in [5, 5.41) is 0. The van der Waals surface area contributed by atoms with Crippen LogP contribution in [0.2, 0.25) is 0 Å². The van der Waals surface area contributed by atoms with Crippen LogP contribution < -0.4 is 11.3 Å². The first-order valence-corrected chi connectivity index (χ1v) is 8.29. The molecule has 2 saturated carbocycles. The topological polar surface area (TPSA) is 73.1 Å². The van der Waals surface area contributed by atoms with Gasteiger partial charge in [0.2, 0.25) is 0 Å². The van der Waals surface area contributed by atoms with Gasteiger partial charge in [0.25, 0.3) is 0 Å². The van der Waals surface area contributed by atoms with Gasteiger partial charge < -0.3 is 10.2 Å². The number of nitrogens with one attached hydrogen (secondary N) is 1. The van der Waals surface area contributed by atoms with Crippen molar-refractivity contribution < 1.29 is 4.74 Å². The lowest BCUT2D eigenvalue weighted by Crippen LogP contribution is -2.22. The van der Waals surface area contributed by atoms with E-state index in [4.69, 9.17) is 15.6 Å². The average molecular weight is 290 g/mol. The molecule has 2 aliphatic rings. The molecule has 1 aromatic rings. The molecule has 5 heteroatoms. The van der Waals surface area contributed by atoms with Crippen LogP contribution in [0.25, 0.3) is 0 Å². The lowest BCUT2D eigenvalue weighted by atomic mass is 9.85. The Balaban J connectivity index is 1.87. The van der Waals surface area contributed by atoms with Crippen LogP contribution in [-0.4, -0.2) is 16.6 Å². The monoisotopic (exact) mass is 290 g/mol. The standard InChI is InChI=1S/C16H26N4O/c1-2-21-15(12-6-4-3-5-7-12)16-18-13(11-8-9-11)10-14(19-16)20-17/h10-12,15H,2-9,17H2,1H3,(H,18,19,20). The maximum atomic E-state index is 6.03. The van der Waals surface area contributed by atoms with Crippen molar-refractivity contribution in [2.45, 2.75) is 63.9 Å². The number of ether oxygens (including phenoxy) is 1. The van der Waals surface area contributed by atoms with Crippen molar-refractivity contribution in [3.05, 3.63) is 17.6 Å². The first-order chi connectivity index (χ1) is 10.3. The van der Waals surface area contributed by atoms with Crippen molar-refractivity contribution in [2.75, 3.05) is 12.0 Å². The summed E-state index contributed by atoms with van der Waals surface area (Å²) in [6.45, 7) is 2.74. The van der Waals surface area contributed by atoms with Crippen LogP contribution >= 0.6 is 0 Å². The molecular weight excluding hydrogens is 264 g/mol. The number of hydrogen-bond donors (Lipinski definition) is 2. The second kappa shape index (κ2) is 6.71. The minimum absolute atomic E-state index is 0.0149. The van der Waals surface area contributed by atoms with E-state index in [-0.39, 0.29) is 6.10 Å². The number of hydrazine groups is 1. The normalized spacial score (nSPS) is 21.2. The lowest BCUT2D eigenvalue weighted by Gasteiger charge is -2.29. The van der Waals surface area contributed by atoms with E-state index in [1.807, 2.05) is 13.0 Å². The summed E-state index contributed by atoms with van der Waals surface area (Å²) in [5.74, 6) is 8.24. The highest BCUT2D eigenvalue weighted by Crippen LogP contribution is 2.41. The van der Waals surface area contributed by atoms with Crippen molar-refractivity contribution in [1.29, 1.82) is 0 Å². The van der Waals surface area contributed by atoms with Crippen LogP contribution in [-0.2, 0) is 4.74 Å². The highest BCUT2D eigenvalue weighted by Gasteiger charge is 2.31. The van der Waals surface area contributed by atoms with Crippen LogP contribution in [0, 0.1) is 5.92 Å². The van der Waals surface area contributed by atoms with Crippen LogP contribution in [0.5, 0.6) is 0 Å². The predicted molar refractivity (Wildman–Crippen MR) is 82.8 cm³/mol. The van der Waals surface area contributed by atoms with E-state index < -0.39 is 0 Å². The maximum absolute atomic E-state index is 6.03. The molecule has 0 saturated heterocycles. The Morgan fingerprint density at radius 1 is 1.24 bits per heavy atom. The maximum Gasteiger partial charge on any atom is 0.160 e. The Kier molecular flexibility index (Phi) is 4.70. The number of nitrogens with zero attached hydrogens (tertiary/aromatic N) is 2. The van der Waals surface area contributed by atoms with E-state index in [1.54, 1.807) is 0 Å².